The van der Waals surface area contributed by atoms with Gasteiger partial charge in [0.25, 0.3) is 0 Å². The lowest BCUT2D eigenvalue weighted by Gasteiger charge is -2.16. The standard InChI is InChI=1S/C13H18N2O2/c1-10(16)14-12-5-6-15(9-12)8-11-3-2-4-13(17)7-11/h2-4,7,12,17H,5-6,8-9H2,1H3,(H,14,16). The molecule has 1 aromatic carbocycles. The molecule has 2 N–H and O–H groups in total. The highest BCUT2D eigenvalue weighted by atomic mass is 16.3. The van der Waals surface area contributed by atoms with E-state index < -0.39 is 0 Å². The molecule has 1 heterocycles. The maximum absolute atomic E-state index is 10.9. The zero-order chi connectivity index (χ0) is 12.3. The number of likely N-dealkylation sites (tertiary alicyclic amines) is 1. The van der Waals surface area contributed by atoms with Crippen molar-refractivity contribution in [3.8, 4) is 5.75 Å². The van der Waals surface area contributed by atoms with Crippen molar-refractivity contribution in [3.63, 3.8) is 0 Å². The first kappa shape index (κ1) is 11.9. The summed E-state index contributed by atoms with van der Waals surface area (Å²) in [5, 5.41) is 12.3. The highest BCUT2D eigenvalue weighted by Gasteiger charge is 2.22. The first-order chi connectivity index (χ1) is 8.13. The van der Waals surface area contributed by atoms with E-state index in [2.05, 4.69) is 10.2 Å². The van der Waals surface area contributed by atoms with Crippen LogP contribution in [-0.4, -0.2) is 35.0 Å². The van der Waals surface area contributed by atoms with Gasteiger partial charge in [-0.1, -0.05) is 12.1 Å². The summed E-state index contributed by atoms with van der Waals surface area (Å²) in [6.45, 7) is 4.25. The minimum absolute atomic E-state index is 0.0363. The Hall–Kier alpha value is -1.55. The number of nitrogens with zero attached hydrogens (tertiary/aromatic N) is 1. The Morgan fingerprint density at radius 3 is 3.12 bits per heavy atom. The Morgan fingerprint density at radius 2 is 2.41 bits per heavy atom. The lowest BCUT2D eigenvalue weighted by molar-refractivity contribution is -0.119. The lowest BCUT2D eigenvalue weighted by atomic mass is 10.2. The molecule has 4 heteroatoms. The fraction of sp³-hybridized carbons (Fsp3) is 0.462. The van der Waals surface area contributed by atoms with Crippen molar-refractivity contribution >= 4 is 5.91 Å². The summed E-state index contributed by atoms with van der Waals surface area (Å²) in [5.74, 6) is 0.342. The molecule has 2 rings (SSSR count). The minimum Gasteiger partial charge on any atom is -0.508 e. The zero-order valence-corrected chi connectivity index (χ0v) is 10.0. The van der Waals surface area contributed by atoms with Gasteiger partial charge in [-0.25, -0.2) is 0 Å². The molecule has 0 saturated carbocycles. The largest absolute Gasteiger partial charge is 0.508 e. The van der Waals surface area contributed by atoms with Crippen LogP contribution >= 0.6 is 0 Å². The lowest BCUT2D eigenvalue weighted by Crippen LogP contribution is -2.35. The first-order valence-electron chi connectivity index (χ1n) is 5.91. The number of phenolic OH excluding ortho intramolecular Hbond substituents is 1. The number of hydrogen-bond acceptors (Lipinski definition) is 3. The van der Waals surface area contributed by atoms with Gasteiger partial charge >= 0.3 is 0 Å². The van der Waals surface area contributed by atoms with Crippen LogP contribution in [0.5, 0.6) is 5.75 Å². The number of phenols is 1. The monoisotopic (exact) mass is 234 g/mol. The van der Waals surface area contributed by atoms with E-state index in [1.807, 2.05) is 12.1 Å². The van der Waals surface area contributed by atoms with Crippen LogP contribution in [0.4, 0.5) is 0 Å². The third kappa shape index (κ3) is 3.46. The summed E-state index contributed by atoms with van der Waals surface area (Å²) in [6.07, 6.45) is 0.998. The van der Waals surface area contributed by atoms with Crippen molar-refractivity contribution in [2.75, 3.05) is 13.1 Å². The Labute approximate surface area is 101 Å². The van der Waals surface area contributed by atoms with Gasteiger partial charge in [0.15, 0.2) is 0 Å². The van der Waals surface area contributed by atoms with Gasteiger partial charge in [-0.15, -0.1) is 0 Å². The molecule has 1 atom stereocenters. The summed E-state index contributed by atoms with van der Waals surface area (Å²) in [4.78, 5) is 13.2. The molecule has 92 valence electrons. The Balaban J connectivity index is 1.87. The summed E-state index contributed by atoms with van der Waals surface area (Å²) in [5.41, 5.74) is 1.11. The number of benzene rings is 1. The third-order valence-corrected chi connectivity index (χ3v) is 3.00. The summed E-state index contributed by atoms with van der Waals surface area (Å²) >= 11 is 0. The van der Waals surface area contributed by atoms with Crippen LogP contribution in [0.15, 0.2) is 24.3 Å². The van der Waals surface area contributed by atoms with E-state index >= 15 is 0 Å². The second-order valence-corrected chi connectivity index (χ2v) is 4.59. The van der Waals surface area contributed by atoms with Gasteiger partial charge in [-0.3, -0.25) is 9.69 Å². The van der Waals surface area contributed by atoms with Crippen LogP contribution in [0.2, 0.25) is 0 Å². The molecular formula is C13H18N2O2. The topological polar surface area (TPSA) is 52.6 Å². The Morgan fingerprint density at radius 1 is 1.59 bits per heavy atom. The van der Waals surface area contributed by atoms with Crippen LogP contribution in [0.1, 0.15) is 18.9 Å². The summed E-state index contributed by atoms with van der Waals surface area (Å²) < 4.78 is 0. The summed E-state index contributed by atoms with van der Waals surface area (Å²) in [7, 11) is 0. The van der Waals surface area contributed by atoms with Crippen molar-refractivity contribution in [3.05, 3.63) is 29.8 Å². The number of hydrogen-bond donors (Lipinski definition) is 2. The molecule has 0 aliphatic carbocycles. The normalized spacial score (nSPS) is 20.4. The molecule has 1 amide bonds. The number of nitrogens with one attached hydrogen (secondary N) is 1. The molecule has 1 unspecified atom stereocenters. The molecular weight excluding hydrogens is 216 g/mol. The van der Waals surface area contributed by atoms with E-state index in [0.717, 1.165) is 31.6 Å². The number of rotatable bonds is 3. The predicted molar refractivity (Wildman–Crippen MR) is 65.6 cm³/mol. The molecule has 0 aromatic heterocycles. The smallest absolute Gasteiger partial charge is 0.217 e. The highest BCUT2D eigenvalue weighted by Crippen LogP contribution is 2.16. The average Bonchev–Trinajstić information content (AvgIpc) is 2.64. The van der Waals surface area contributed by atoms with Crippen LogP contribution in [0.25, 0.3) is 0 Å². The molecule has 1 aliphatic heterocycles. The zero-order valence-electron chi connectivity index (χ0n) is 10.0. The van der Waals surface area contributed by atoms with Gasteiger partial charge in [0.1, 0.15) is 5.75 Å². The maximum Gasteiger partial charge on any atom is 0.217 e. The van der Waals surface area contributed by atoms with Gasteiger partial charge in [0, 0.05) is 32.6 Å². The van der Waals surface area contributed by atoms with Gasteiger partial charge in [-0.2, -0.15) is 0 Å². The van der Waals surface area contributed by atoms with Crippen molar-refractivity contribution in [2.45, 2.75) is 25.9 Å². The van der Waals surface area contributed by atoms with Crippen LogP contribution in [0, 0.1) is 0 Å². The average molecular weight is 234 g/mol. The highest BCUT2D eigenvalue weighted by molar-refractivity contribution is 5.73. The Kier molecular flexibility index (Phi) is 3.64. The Bertz CT molecular complexity index is 406. The van der Waals surface area contributed by atoms with Crippen LogP contribution < -0.4 is 5.32 Å². The molecule has 17 heavy (non-hydrogen) atoms. The molecule has 4 nitrogen and oxygen atoms in total. The summed E-state index contributed by atoms with van der Waals surface area (Å²) in [6, 6.07) is 7.58. The van der Waals surface area contributed by atoms with Crippen molar-refractivity contribution < 1.29 is 9.90 Å². The van der Waals surface area contributed by atoms with Gasteiger partial charge in [-0.05, 0) is 24.1 Å². The number of carbonyl (C=O) groups is 1. The second-order valence-electron chi connectivity index (χ2n) is 4.59. The molecule has 0 radical (unpaired) electrons. The number of aromatic hydroxyl groups is 1. The molecule has 1 saturated heterocycles. The van der Waals surface area contributed by atoms with E-state index in [1.165, 1.54) is 0 Å². The molecule has 1 aliphatic rings. The van der Waals surface area contributed by atoms with Crippen molar-refractivity contribution in [2.24, 2.45) is 0 Å². The molecule has 0 spiro atoms. The quantitative estimate of drug-likeness (QED) is 0.823. The number of amides is 1. The molecule has 1 aromatic rings. The van der Waals surface area contributed by atoms with Gasteiger partial charge in [0.05, 0.1) is 0 Å². The van der Waals surface area contributed by atoms with Gasteiger partial charge in [0.2, 0.25) is 5.91 Å². The molecule has 0 bridgehead atoms. The third-order valence-electron chi connectivity index (χ3n) is 3.00. The van der Waals surface area contributed by atoms with Crippen LogP contribution in [-0.2, 0) is 11.3 Å². The predicted octanol–water partition coefficient (Wildman–Crippen LogP) is 1.10. The van der Waals surface area contributed by atoms with Crippen LogP contribution in [0.3, 0.4) is 0 Å². The van der Waals surface area contributed by atoms with Crippen molar-refractivity contribution in [1.82, 2.24) is 10.2 Å². The fourth-order valence-electron chi connectivity index (χ4n) is 2.29. The van der Waals surface area contributed by atoms with E-state index in [0.29, 0.717) is 5.75 Å². The van der Waals surface area contributed by atoms with Gasteiger partial charge < -0.3 is 10.4 Å². The van der Waals surface area contributed by atoms with E-state index in [-0.39, 0.29) is 11.9 Å². The van der Waals surface area contributed by atoms with E-state index in [4.69, 9.17) is 0 Å². The minimum atomic E-state index is 0.0363. The number of carbonyl (C=O) groups excluding carboxylic acids is 1. The SMILES string of the molecule is CC(=O)NC1CCN(Cc2cccc(O)c2)C1. The van der Waals surface area contributed by atoms with E-state index in [9.17, 15) is 9.90 Å². The first-order valence-corrected chi connectivity index (χ1v) is 5.91. The molecule has 1 fully saturated rings. The maximum atomic E-state index is 10.9. The van der Waals surface area contributed by atoms with E-state index in [1.54, 1.807) is 19.1 Å². The van der Waals surface area contributed by atoms with Crippen molar-refractivity contribution in [1.29, 1.82) is 0 Å². The fourth-order valence-corrected chi connectivity index (χ4v) is 2.29. The second kappa shape index (κ2) is 5.19.